The third-order valence-electron chi connectivity index (χ3n) is 6.72. The molecule has 0 unspecified atom stereocenters. The lowest BCUT2D eigenvalue weighted by Crippen LogP contribution is -2.47. The average molecular weight is 486 g/mol. The van der Waals surface area contributed by atoms with E-state index >= 15 is 0 Å². The first kappa shape index (κ1) is 23.7. The highest BCUT2D eigenvalue weighted by Crippen LogP contribution is 2.32. The first-order valence-electron chi connectivity index (χ1n) is 12.3. The Labute approximate surface area is 211 Å². The number of ether oxygens (including phenoxy) is 1. The van der Waals surface area contributed by atoms with Gasteiger partial charge in [0.05, 0.1) is 29.7 Å². The fraction of sp³-hybridized carbons (Fsp3) is 0.286. The van der Waals surface area contributed by atoms with Gasteiger partial charge in [0.25, 0.3) is 11.8 Å². The Balaban J connectivity index is 1.08. The molecule has 186 valence electrons. The van der Waals surface area contributed by atoms with Crippen molar-refractivity contribution in [1.29, 1.82) is 0 Å². The smallest absolute Gasteiger partial charge is 0.257 e. The Kier molecular flexibility index (Phi) is 7.04. The monoisotopic (exact) mass is 485 g/mol. The van der Waals surface area contributed by atoms with Gasteiger partial charge < -0.3 is 25.6 Å². The fourth-order valence-electron chi connectivity index (χ4n) is 4.65. The van der Waals surface area contributed by atoms with Crippen molar-refractivity contribution >= 4 is 34.6 Å². The second kappa shape index (κ2) is 10.7. The van der Waals surface area contributed by atoms with Gasteiger partial charge in [-0.25, -0.2) is 0 Å². The number of fused-ring (bicyclic) bond motifs is 2. The Morgan fingerprint density at radius 3 is 2.47 bits per heavy atom. The topological polar surface area (TPSA) is 85.9 Å². The van der Waals surface area contributed by atoms with Crippen molar-refractivity contribution in [3.05, 3.63) is 77.9 Å². The van der Waals surface area contributed by atoms with E-state index < -0.39 is 0 Å². The largest absolute Gasteiger partial charge is 0.497 e. The molecule has 0 atom stereocenters. The van der Waals surface area contributed by atoms with Gasteiger partial charge in [0.2, 0.25) is 0 Å². The van der Waals surface area contributed by atoms with Crippen LogP contribution in [0.5, 0.6) is 5.75 Å². The van der Waals surface area contributed by atoms with Crippen LogP contribution in [-0.4, -0.2) is 63.1 Å². The van der Waals surface area contributed by atoms with Crippen molar-refractivity contribution in [3.63, 3.8) is 0 Å². The number of methoxy groups -OCH3 is 1. The number of piperazine rings is 1. The van der Waals surface area contributed by atoms with E-state index in [0.29, 0.717) is 23.4 Å². The minimum atomic E-state index is -0.193. The predicted octanol–water partition coefficient (Wildman–Crippen LogP) is 3.95. The summed E-state index contributed by atoms with van der Waals surface area (Å²) in [4.78, 5) is 30.1. The second-order valence-electron chi connectivity index (χ2n) is 9.02. The van der Waals surface area contributed by atoms with Gasteiger partial charge in [-0.3, -0.25) is 14.5 Å². The lowest BCUT2D eigenvalue weighted by atomic mass is 10.1. The SMILES string of the molecule is COc1ccc(N2CCN(CCCNC(=O)c3ccc4c(c3)NC(=O)c3ccccc3N4)CC2)cc1. The van der Waals surface area contributed by atoms with Crippen LogP contribution >= 0.6 is 0 Å². The summed E-state index contributed by atoms with van der Waals surface area (Å²) in [5.41, 5.74) is 4.42. The molecule has 3 aromatic carbocycles. The quantitative estimate of drug-likeness (QED) is 0.440. The summed E-state index contributed by atoms with van der Waals surface area (Å²) in [5.74, 6) is 0.539. The van der Waals surface area contributed by atoms with E-state index in [9.17, 15) is 9.59 Å². The molecule has 3 N–H and O–H groups in total. The van der Waals surface area contributed by atoms with Crippen LogP contribution in [0.3, 0.4) is 0 Å². The van der Waals surface area contributed by atoms with Crippen LogP contribution in [-0.2, 0) is 0 Å². The van der Waals surface area contributed by atoms with Crippen molar-refractivity contribution in [1.82, 2.24) is 10.2 Å². The number of nitrogens with zero attached hydrogens (tertiary/aromatic N) is 2. The number of amides is 2. The molecule has 0 aromatic heterocycles. The molecule has 1 saturated heterocycles. The molecular formula is C28H31N5O3. The normalized spacial score (nSPS) is 15.1. The number of hydrogen-bond donors (Lipinski definition) is 3. The van der Waals surface area contributed by atoms with Crippen molar-refractivity contribution in [3.8, 4) is 5.75 Å². The van der Waals surface area contributed by atoms with Gasteiger partial charge in [0.1, 0.15) is 5.75 Å². The van der Waals surface area contributed by atoms with Crippen molar-refractivity contribution in [2.75, 3.05) is 61.9 Å². The van der Waals surface area contributed by atoms with Gasteiger partial charge in [0.15, 0.2) is 0 Å². The molecule has 2 aliphatic rings. The maximum atomic E-state index is 12.7. The number of para-hydroxylation sites is 1. The maximum Gasteiger partial charge on any atom is 0.257 e. The standard InChI is InChI=1S/C28H31N5O3/c1-36-22-10-8-21(9-11-22)33-17-15-32(16-18-33)14-4-13-29-27(34)20-7-12-25-26(19-20)31-28(35)23-5-2-3-6-24(23)30-25/h2-3,5-12,19,30H,4,13-18H2,1H3,(H,29,34)(H,31,35). The molecule has 2 heterocycles. The summed E-state index contributed by atoms with van der Waals surface area (Å²) in [7, 11) is 1.68. The summed E-state index contributed by atoms with van der Waals surface area (Å²) >= 11 is 0. The Hall–Kier alpha value is -4.04. The first-order chi connectivity index (χ1) is 17.6. The number of nitrogens with one attached hydrogen (secondary N) is 3. The lowest BCUT2D eigenvalue weighted by Gasteiger charge is -2.36. The van der Waals surface area contributed by atoms with Crippen LogP contribution in [0.4, 0.5) is 22.7 Å². The highest BCUT2D eigenvalue weighted by atomic mass is 16.5. The van der Waals surface area contributed by atoms with Gasteiger partial charge in [0, 0.05) is 44.0 Å². The lowest BCUT2D eigenvalue weighted by molar-refractivity contribution is 0.0950. The van der Waals surface area contributed by atoms with E-state index in [1.807, 2.05) is 36.4 Å². The van der Waals surface area contributed by atoms with E-state index in [-0.39, 0.29) is 11.8 Å². The number of carbonyl (C=O) groups excluding carboxylic acids is 2. The van der Waals surface area contributed by atoms with Gasteiger partial charge in [-0.1, -0.05) is 12.1 Å². The molecule has 5 rings (SSSR count). The zero-order chi connectivity index (χ0) is 24.9. The number of carbonyl (C=O) groups is 2. The van der Waals surface area contributed by atoms with Crippen molar-refractivity contribution < 1.29 is 14.3 Å². The summed E-state index contributed by atoms with van der Waals surface area (Å²) in [6.07, 6.45) is 0.882. The summed E-state index contributed by atoms with van der Waals surface area (Å²) < 4.78 is 5.24. The third-order valence-corrected chi connectivity index (χ3v) is 6.72. The highest BCUT2D eigenvalue weighted by Gasteiger charge is 2.20. The predicted molar refractivity (Wildman–Crippen MR) is 143 cm³/mol. The zero-order valence-electron chi connectivity index (χ0n) is 20.4. The fourth-order valence-corrected chi connectivity index (χ4v) is 4.65. The minimum Gasteiger partial charge on any atom is -0.497 e. The number of rotatable bonds is 7. The molecule has 0 saturated carbocycles. The maximum absolute atomic E-state index is 12.7. The Morgan fingerprint density at radius 1 is 0.917 bits per heavy atom. The average Bonchev–Trinajstić information content (AvgIpc) is 3.06. The van der Waals surface area contributed by atoms with E-state index in [0.717, 1.165) is 56.3 Å². The molecule has 2 amide bonds. The summed E-state index contributed by atoms with van der Waals surface area (Å²) in [6.45, 7) is 5.51. The minimum absolute atomic E-state index is 0.141. The molecule has 8 nitrogen and oxygen atoms in total. The molecular weight excluding hydrogens is 454 g/mol. The van der Waals surface area contributed by atoms with Gasteiger partial charge >= 0.3 is 0 Å². The van der Waals surface area contributed by atoms with Crippen LogP contribution < -0.4 is 25.6 Å². The van der Waals surface area contributed by atoms with Crippen LogP contribution in [0.25, 0.3) is 0 Å². The van der Waals surface area contributed by atoms with E-state index in [1.54, 1.807) is 25.3 Å². The molecule has 3 aromatic rings. The van der Waals surface area contributed by atoms with E-state index in [4.69, 9.17) is 4.74 Å². The summed E-state index contributed by atoms with van der Waals surface area (Å²) in [6, 6.07) is 20.9. The van der Waals surface area contributed by atoms with E-state index in [2.05, 4.69) is 37.9 Å². The Morgan fingerprint density at radius 2 is 1.69 bits per heavy atom. The van der Waals surface area contributed by atoms with Gasteiger partial charge in [-0.2, -0.15) is 0 Å². The Bertz CT molecular complexity index is 1240. The molecule has 2 aliphatic heterocycles. The molecule has 0 radical (unpaired) electrons. The molecule has 8 heteroatoms. The van der Waals surface area contributed by atoms with Crippen LogP contribution in [0, 0.1) is 0 Å². The van der Waals surface area contributed by atoms with Crippen LogP contribution in [0.1, 0.15) is 27.1 Å². The van der Waals surface area contributed by atoms with Crippen molar-refractivity contribution in [2.45, 2.75) is 6.42 Å². The molecule has 1 fully saturated rings. The summed E-state index contributed by atoms with van der Waals surface area (Å²) in [5, 5.41) is 9.20. The first-order valence-corrected chi connectivity index (χ1v) is 12.3. The van der Waals surface area contributed by atoms with Crippen molar-refractivity contribution in [2.24, 2.45) is 0 Å². The number of hydrogen-bond acceptors (Lipinski definition) is 6. The molecule has 36 heavy (non-hydrogen) atoms. The molecule has 0 bridgehead atoms. The van der Waals surface area contributed by atoms with Gasteiger partial charge in [-0.05, 0) is 67.6 Å². The number of anilines is 4. The van der Waals surface area contributed by atoms with Gasteiger partial charge in [-0.15, -0.1) is 0 Å². The zero-order valence-corrected chi connectivity index (χ0v) is 20.4. The third kappa shape index (κ3) is 5.28. The molecule has 0 spiro atoms. The van der Waals surface area contributed by atoms with Crippen LogP contribution in [0.15, 0.2) is 66.7 Å². The molecule has 0 aliphatic carbocycles. The highest BCUT2D eigenvalue weighted by molar-refractivity contribution is 6.12. The second-order valence-corrected chi connectivity index (χ2v) is 9.02. The van der Waals surface area contributed by atoms with E-state index in [1.165, 1.54) is 5.69 Å². The number of benzene rings is 3. The van der Waals surface area contributed by atoms with Crippen LogP contribution in [0.2, 0.25) is 0 Å².